The van der Waals surface area contributed by atoms with Crippen LogP contribution in [-0.2, 0) is 9.57 Å². The largest absolute Gasteiger partial charge is 0.394 e. The third kappa shape index (κ3) is 2.85. The molecule has 0 spiro atoms. The van der Waals surface area contributed by atoms with E-state index in [1.807, 2.05) is 0 Å². The summed E-state index contributed by atoms with van der Waals surface area (Å²) in [7, 11) is 0. The van der Waals surface area contributed by atoms with Crippen molar-refractivity contribution in [2.75, 3.05) is 13.2 Å². The average Bonchev–Trinajstić information content (AvgIpc) is 2.23. The first-order chi connectivity index (χ1) is 7.11. The Morgan fingerprint density at radius 2 is 1.93 bits per heavy atom. The van der Waals surface area contributed by atoms with Crippen molar-refractivity contribution in [3.05, 3.63) is 0 Å². The van der Waals surface area contributed by atoms with Gasteiger partial charge in [0.05, 0.1) is 13.2 Å². The van der Waals surface area contributed by atoms with Crippen LogP contribution in [0.3, 0.4) is 0 Å². The van der Waals surface area contributed by atoms with Gasteiger partial charge in [0.1, 0.15) is 24.4 Å². The van der Waals surface area contributed by atoms with E-state index in [0.717, 1.165) is 0 Å². The fourth-order valence-corrected chi connectivity index (χ4v) is 1.40. The third-order valence-corrected chi connectivity index (χ3v) is 2.26. The first kappa shape index (κ1) is 12.8. The van der Waals surface area contributed by atoms with E-state index in [2.05, 4.69) is 5.48 Å². The van der Waals surface area contributed by atoms with Gasteiger partial charge in [-0.3, -0.25) is 0 Å². The van der Waals surface area contributed by atoms with Crippen molar-refractivity contribution >= 4 is 0 Å². The zero-order valence-electron chi connectivity index (χ0n) is 8.41. The summed E-state index contributed by atoms with van der Waals surface area (Å²) < 4.78 is 4.88. The molecule has 0 aromatic carbocycles. The van der Waals surface area contributed by atoms with Crippen LogP contribution in [0.25, 0.3) is 0 Å². The van der Waals surface area contributed by atoms with Crippen molar-refractivity contribution < 1.29 is 30.0 Å². The Labute approximate surface area is 87.2 Å². The van der Waals surface area contributed by atoms with E-state index in [4.69, 9.17) is 14.7 Å². The zero-order valence-corrected chi connectivity index (χ0v) is 8.41. The topological polar surface area (TPSA) is 111 Å². The second-order valence-electron chi connectivity index (χ2n) is 3.31. The van der Waals surface area contributed by atoms with Gasteiger partial charge in [0.15, 0.2) is 6.29 Å². The summed E-state index contributed by atoms with van der Waals surface area (Å²) in [6, 6.07) is -0.942. The molecule has 1 heterocycles. The van der Waals surface area contributed by atoms with E-state index in [-0.39, 0.29) is 0 Å². The van der Waals surface area contributed by atoms with Gasteiger partial charge in [-0.15, -0.1) is 0 Å². The molecule has 0 amide bonds. The van der Waals surface area contributed by atoms with Gasteiger partial charge >= 0.3 is 0 Å². The Bertz CT molecular complexity index is 192. The van der Waals surface area contributed by atoms with Crippen molar-refractivity contribution in [3.63, 3.8) is 0 Å². The molecule has 90 valence electrons. The van der Waals surface area contributed by atoms with E-state index in [1.54, 1.807) is 6.92 Å². The van der Waals surface area contributed by atoms with Crippen molar-refractivity contribution in [1.82, 2.24) is 5.48 Å². The molecule has 0 aromatic heterocycles. The summed E-state index contributed by atoms with van der Waals surface area (Å²) in [5.41, 5.74) is 2.38. The quantitative estimate of drug-likeness (QED) is 0.330. The molecule has 0 aliphatic carbocycles. The van der Waals surface area contributed by atoms with Crippen LogP contribution in [0.5, 0.6) is 0 Å². The van der Waals surface area contributed by atoms with Gasteiger partial charge in [0, 0.05) is 0 Å². The minimum absolute atomic E-state index is 0.343. The van der Waals surface area contributed by atoms with Crippen LogP contribution in [-0.4, -0.2) is 64.3 Å². The van der Waals surface area contributed by atoms with Gasteiger partial charge in [-0.2, -0.15) is 5.48 Å². The van der Waals surface area contributed by atoms with Gasteiger partial charge in [-0.1, -0.05) is 0 Å². The van der Waals surface area contributed by atoms with Crippen molar-refractivity contribution in [1.29, 1.82) is 0 Å². The summed E-state index contributed by atoms with van der Waals surface area (Å²) in [5, 5.41) is 37.3. The summed E-state index contributed by atoms with van der Waals surface area (Å²) in [6.07, 6.45) is -4.87. The number of rotatable bonds is 4. The fourth-order valence-electron chi connectivity index (χ4n) is 1.40. The number of nitrogens with one attached hydrogen (secondary N) is 1. The molecule has 0 radical (unpaired) electrons. The van der Waals surface area contributed by atoms with E-state index in [0.29, 0.717) is 6.61 Å². The second kappa shape index (κ2) is 5.71. The molecule has 5 N–H and O–H groups in total. The van der Waals surface area contributed by atoms with Gasteiger partial charge in [-0.25, -0.2) is 0 Å². The lowest BCUT2D eigenvalue weighted by Crippen LogP contribution is -2.63. The van der Waals surface area contributed by atoms with Gasteiger partial charge in [-0.05, 0) is 6.92 Å². The lowest BCUT2D eigenvalue weighted by molar-refractivity contribution is -0.269. The van der Waals surface area contributed by atoms with Crippen LogP contribution in [0.1, 0.15) is 6.92 Å². The zero-order chi connectivity index (χ0) is 11.4. The van der Waals surface area contributed by atoms with Crippen molar-refractivity contribution in [2.24, 2.45) is 0 Å². The molecule has 0 bridgehead atoms. The van der Waals surface area contributed by atoms with Crippen LogP contribution in [0.2, 0.25) is 0 Å². The second-order valence-corrected chi connectivity index (χ2v) is 3.31. The molecule has 0 aromatic rings. The number of hydrogen-bond donors (Lipinski definition) is 5. The summed E-state index contributed by atoms with van der Waals surface area (Å²) >= 11 is 0. The Kier molecular flexibility index (Phi) is 4.87. The lowest BCUT2D eigenvalue weighted by atomic mass is 9.98. The van der Waals surface area contributed by atoms with Crippen LogP contribution >= 0.6 is 0 Å². The Hall–Kier alpha value is -0.280. The maximum Gasteiger partial charge on any atom is 0.175 e. The summed E-state index contributed by atoms with van der Waals surface area (Å²) in [5.74, 6) is 0. The molecule has 5 atom stereocenters. The number of hydrogen-bond acceptors (Lipinski definition) is 7. The highest BCUT2D eigenvalue weighted by molar-refractivity contribution is 4.91. The van der Waals surface area contributed by atoms with Crippen LogP contribution < -0.4 is 5.48 Å². The molecular weight excluding hydrogens is 206 g/mol. The summed E-state index contributed by atoms with van der Waals surface area (Å²) in [4.78, 5) is 4.81. The maximum absolute atomic E-state index is 9.59. The minimum Gasteiger partial charge on any atom is -0.394 e. The fraction of sp³-hybridized carbons (Fsp3) is 1.00. The number of ether oxygens (including phenoxy) is 1. The normalized spacial score (nSPS) is 41.8. The molecular formula is C8H17NO6. The molecule has 1 aliphatic heterocycles. The first-order valence-corrected chi connectivity index (χ1v) is 4.79. The highest BCUT2D eigenvalue weighted by atomic mass is 16.7. The highest BCUT2D eigenvalue weighted by Crippen LogP contribution is 2.19. The van der Waals surface area contributed by atoms with E-state index in [1.165, 1.54) is 0 Å². The molecule has 7 nitrogen and oxygen atoms in total. The molecule has 1 unspecified atom stereocenters. The SMILES string of the molecule is CCON[C@H]1C(O)O[C@H](CO)[C@@H](O)[C@@H]1O. The Morgan fingerprint density at radius 1 is 1.27 bits per heavy atom. The van der Waals surface area contributed by atoms with Crippen molar-refractivity contribution in [2.45, 2.75) is 37.6 Å². The van der Waals surface area contributed by atoms with Crippen LogP contribution in [0.15, 0.2) is 0 Å². The first-order valence-electron chi connectivity index (χ1n) is 4.79. The number of hydroxylamine groups is 1. The smallest absolute Gasteiger partial charge is 0.175 e. The molecule has 15 heavy (non-hydrogen) atoms. The molecule has 1 rings (SSSR count). The average molecular weight is 223 g/mol. The monoisotopic (exact) mass is 223 g/mol. The van der Waals surface area contributed by atoms with Gasteiger partial charge in [0.25, 0.3) is 0 Å². The Morgan fingerprint density at radius 3 is 2.47 bits per heavy atom. The lowest BCUT2D eigenvalue weighted by Gasteiger charge is -2.39. The van der Waals surface area contributed by atoms with Crippen LogP contribution in [0, 0.1) is 0 Å². The summed E-state index contributed by atoms with van der Waals surface area (Å²) in [6.45, 7) is 1.59. The minimum atomic E-state index is -1.34. The van der Waals surface area contributed by atoms with E-state index in [9.17, 15) is 15.3 Å². The molecule has 0 saturated carbocycles. The van der Waals surface area contributed by atoms with Crippen LogP contribution in [0.4, 0.5) is 0 Å². The van der Waals surface area contributed by atoms with Gasteiger partial charge < -0.3 is 30.0 Å². The molecule has 1 saturated heterocycles. The number of aliphatic hydroxyl groups is 4. The third-order valence-electron chi connectivity index (χ3n) is 2.26. The predicted molar refractivity (Wildman–Crippen MR) is 48.5 cm³/mol. The molecule has 7 heteroatoms. The molecule has 1 fully saturated rings. The predicted octanol–water partition coefficient (Wildman–Crippen LogP) is -2.67. The van der Waals surface area contributed by atoms with Crippen molar-refractivity contribution in [3.8, 4) is 0 Å². The Balaban J connectivity index is 2.58. The van der Waals surface area contributed by atoms with E-state index >= 15 is 0 Å². The maximum atomic E-state index is 9.59. The van der Waals surface area contributed by atoms with E-state index < -0.39 is 37.3 Å². The molecule has 1 aliphatic rings. The van der Waals surface area contributed by atoms with Gasteiger partial charge in [0.2, 0.25) is 0 Å². The highest BCUT2D eigenvalue weighted by Gasteiger charge is 2.43. The number of aliphatic hydroxyl groups excluding tert-OH is 4. The standard InChI is InChI=1S/C8H17NO6/c1-2-14-9-5-7(12)6(11)4(3-10)15-8(5)13/h4-13H,2-3H2,1H3/t4-,5-,6-,7-,8?/m1/s1.